The molecule has 2 aromatic rings. The van der Waals surface area contributed by atoms with Crippen LogP contribution in [0.25, 0.3) is 17.7 Å². The van der Waals surface area contributed by atoms with Crippen molar-refractivity contribution in [1.29, 1.82) is 0 Å². The molecular weight excluding hydrogens is 632 g/mol. The SMILES string of the molecule is CC[C@@H]1C(C)=C2/C=C3\N/C(=C4\c5[nH]c(c(C)c5[C@H](O)[C@@H]4C(=O)OC)/C=c4\[nH]/c(c(C)c4[C@@H](C)O)=C\C1N2)[C@@H](CCC(=O)OCC=C(C)C)[C@@H]3C. The van der Waals surface area contributed by atoms with Gasteiger partial charge in [0.15, 0.2) is 0 Å². The number of nitrogens with one attached hydrogen (secondary N) is 4. The molecule has 0 saturated carbocycles. The molecule has 1 fully saturated rings. The number of aromatic nitrogens is 2. The van der Waals surface area contributed by atoms with Gasteiger partial charge in [-0.25, -0.2) is 0 Å². The summed E-state index contributed by atoms with van der Waals surface area (Å²) in [5.41, 5.74) is 10.5. The summed E-state index contributed by atoms with van der Waals surface area (Å²) < 4.78 is 10.8. The average Bonchev–Trinajstić information content (AvgIpc) is 3.80. The second-order valence-corrected chi connectivity index (χ2v) is 14.6. The quantitative estimate of drug-likeness (QED) is 0.176. The van der Waals surface area contributed by atoms with Crippen LogP contribution >= 0.6 is 0 Å². The molecule has 0 spiro atoms. The van der Waals surface area contributed by atoms with Crippen LogP contribution in [0.1, 0.15) is 107 Å². The highest BCUT2D eigenvalue weighted by molar-refractivity contribution is 5.95. The predicted octanol–water partition coefficient (Wildman–Crippen LogP) is 4.48. The number of methoxy groups -OCH3 is 1. The number of aliphatic hydroxyl groups is 2. The van der Waals surface area contributed by atoms with Crippen molar-refractivity contribution in [3.63, 3.8) is 0 Å². The number of rotatable bonds is 8. The van der Waals surface area contributed by atoms with Gasteiger partial charge < -0.3 is 40.3 Å². The minimum atomic E-state index is -1.14. The minimum Gasteiger partial charge on any atom is -0.468 e. The number of hydrogen-bond donors (Lipinski definition) is 6. The maximum atomic E-state index is 13.5. The molecule has 6 N–H and O–H groups in total. The van der Waals surface area contributed by atoms with Gasteiger partial charge in [-0.2, -0.15) is 0 Å². The number of esters is 2. The Hall–Kier alpha value is -4.28. The molecule has 10 nitrogen and oxygen atoms in total. The Morgan fingerprint density at radius 1 is 1.06 bits per heavy atom. The fraction of sp³-hybridized carbons (Fsp3) is 0.500. The van der Waals surface area contributed by atoms with Crippen molar-refractivity contribution in [2.24, 2.45) is 23.7 Å². The van der Waals surface area contributed by atoms with Gasteiger partial charge >= 0.3 is 11.9 Å². The van der Waals surface area contributed by atoms with Gasteiger partial charge in [0.1, 0.15) is 12.5 Å². The first-order valence-electron chi connectivity index (χ1n) is 17.8. The summed E-state index contributed by atoms with van der Waals surface area (Å²) in [5, 5.41) is 32.0. The van der Waals surface area contributed by atoms with E-state index in [0.717, 1.165) is 62.2 Å². The van der Waals surface area contributed by atoms with Crippen LogP contribution in [0, 0.1) is 37.5 Å². The van der Waals surface area contributed by atoms with Crippen LogP contribution < -0.4 is 21.3 Å². The van der Waals surface area contributed by atoms with E-state index in [0.29, 0.717) is 23.3 Å². The van der Waals surface area contributed by atoms with Gasteiger partial charge in [-0.3, -0.25) is 9.59 Å². The van der Waals surface area contributed by atoms with Gasteiger partial charge in [-0.05, 0) is 95.4 Å². The number of carbonyl (C=O) groups excluding carboxylic acids is 2. The fourth-order valence-electron chi connectivity index (χ4n) is 8.50. The molecule has 10 heteroatoms. The maximum absolute atomic E-state index is 13.5. The first-order valence-corrected chi connectivity index (χ1v) is 17.8. The zero-order valence-corrected chi connectivity index (χ0v) is 30.7. The second kappa shape index (κ2) is 13.8. The molecule has 0 aromatic carbocycles. The molecular formula is C40H52N4O6. The van der Waals surface area contributed by atoms with Gasteiger partial charge in [0.2, 0.25) is 0 Å². The first kappa shape index (κ1) is 35.5. The zero-order chi connectivity index (χ0) is 36.2. The summed E-state index contributed by atoms with van der Waals surface area (Å²) in [5.74, 6) is -1.73. The topological polar surface area (TPSA) is 149 Å². The van der Waals surface area contributed by atoms with Crippen molar-refractivity contribution < 1.29 is 29.3 Å². The molecule has 50 heavy (non-hydrogen) atoms. The Balaban J connectivity index is 1.59. The Morgan fingerprint density at radius 3 is 2.46 bits per heavy atom. The summed E-state index contributed by atoms with van der Waals surface area (Å²) in [6, 6.07) is 0.0311. The van der Waals surface area contributed by atoms with E-state index < -0.39 is 24.1 Å². The van der Waals surface area contributed by atoms with Crippen LogP contribution in [0.2, 0.25) is 0 Å². The highest BCUT2D eigenvalue weighted by atomic mass is 16.5. The number of allylic oxidation sites excluding steroid dienone is 4. The lowest BCUT2D eigenvalue weighted by molar-refractivity contribution is -0.146. The van der Waals surface area contributed by atoms with E-state index in [2.05, 4.69) is 53.5 Å². The van der Waals surface area contributed by atoms with E-state index >= 15 is 0 Å². The molecule has 1 aliphatic carbocycles. The normalized spacial score (nSPS) is 29.5. The molecule has 6 rings (SSSR count). The second-order valence-electron chi connectivity index (χ2n) is 14.6. The molecule has 5 heterocycles. The van der Waals surface area contributed by atoms with Gasteiger partial charge in [0.25, 0.3) is 0 Å². The van der Waals surface area contributed by atoms with Crippen molar-refractivity contribution in [2.75, 3.05) is 13.7 Å². The molecule has 268 valence electrons. The van der Waals surface area contributed by atoms with Crippen LogP contribution in [-0.2, 0) is 19.1 Å². The smallest absolute Gasteiger partial charge is 0.316 e. The number of aromatic amines is 2. The summed E-state index contributed by atoms with van der Waals surface area (Å²) in [6.45, 7) is 16.4. The molecule has 8 bridgehead atoms. The molecule has 2 aromatic heterocycles. The number of aliphatic hydroxyl groups excluding tert-OH is 2. The summed E-state index contributed by atoms with van der Waals surface area (Å²) in [4.78, 5) is 33.6. The number of hydrogen-bond acceptors (Lipinski definition) is 8. The summed E-state index contributed by atoms with van der Waals surface area (Å²) in [7, 11) is 1.34. The number of H-pyrrole nitrogens is 2. The van der Waals surface area contributed by atoms with E-state index in [-0.39, 0.29) is 42.8 Å². The molecule has 1 saturated heterocycles. The van der Waals surface area contributed by atoms with E-state index in [1.165, 1.54) is 12.7 Å². The third kappa shape index (κ3) is 6.06. The number of ether oxygens (including phenoxy) is 2. The standard InChI is InChI=1S/C40H52N4O6/c1-10-24-19(4)26-15-27-20(5)25(11-12-32(46)50-14-13-18(2)3)37(43-27)35-36(40(48)49-9)39(47)34-22(7)29(44-38(34)35)17-31-33(23(8)45)21(6)28(42-31)16-30(24)41-26/h13,15-17,20,23-25,30,36,39,41-45,47H,10-12,14H2,1-9H3/b27-15-,28-16-,31-17-,37-35-/t20-,23+,24+,25-,30?,36+,39-/m0/s1. The summed E-state index contributed by atoms with van der Waals surface area (Å²) in [6.07, 6.45) is 8.03. The lowest BCUT2D eigenvalue weighted by Crippen LogP contribution is -2.29. The lowest BCUT2D eigenvalue weighted by Gasteiger charge is -2.21. The third-order valence-electron chi connectivity index (χ3n) is 11.3. The fourth-order valence-corrected chi connectivity index (χ4v) is 8.50. The molecule has 3 aliphatic heterocycles. The van der Waals surface area contributed by atoms with E-state index in [1.807, 2.05) is 39.8 Å². The largest absolute Gasteiger partial charge is 0.468 e. The van der Waals surface area contributed by atoms with Crippen molar-refractivity contribution in [3.8, 4) is 0 Å². The predicted molar refractivity (Wildman–Crippen MR) is 193 cm³/mol. The molecule has 7 atom stereocenters. The van der Waals surface area contributed by atoms with Gasteiger partial charge in [0, 0.05) is 74.4 Å². The van der Waals surface area contributed by atoms with Crippen LogP contribution in [0.15, 0.2) is 40.4 Å². The third-order valence-corrected chi connectivity index (χ3v) is 11.3. The molecule has 0 radical (unpaired) electrons. The highest BCUT2D eigenvalue weighted by Gasteiger charge is 2.48. The van der Waals surface area contributed by atoms with Gasteiger partial charge in [-0.1, -0.05) is 19.4 Å². The minimum absolute atomic E-state index is 0.0311. The zero-order valence-electron chi connectivity index (χ0n) is 30.7. The summed E-state index contributed by atoms with van der Waals surface area (Å²) >= 11 is 0. The number of fused-ring (bicyclic) bond motifs is 7. The Bertz CT molecular complexity index is 1970. The Kier molecular flexibility index (Phi) is 9.81. The highest BCUT2D eigenvalue weighted by Crippen LogP contribution is 2.52. The Morgan fingerprint density at radius 2 is 1.80 bits per heavy atom. The lowest BCUT2D eigenvalue weighted by atomic mass is 9.84. The van der Waals surface area contributed by atoms with E-state index in [1.54, 1.807) is 6.92 Å². The average molecular weight is 685 g/mol. The van der Waals surface area contributed by atoms with Gasteiger partial charge in [0.05, 0.1) is 31.1 Å². The van der Waals surface area contributed by atoms with Crippen LogP contribution in [0.4, 0.5) is 0 Å². The van der Waals surface area contributed by atoms with Crippen molar-refractivity contribution in [2.45, 2.75) is 92.9 Å². The van der Waals surface area contributed by atoms with Crippen LogP contribution in [0.3, 0.4) is 0 Å². The Labute approximate surface area is 294 Å². The van der Waals surface area contributed by atoms with Crippen LogP contribution in [-0.4, -0.2) is 51.9 Å². The van der Waals surface area contributed by atoms with Gasteiger partial charge in [-0.15, -0.1) is 0 Å². The molecule has 0 amide bonds. The first-order chi connectivity index (χ1) is 23.8. The maximum Gasteiger partial charge on any atom is 0.316 e. The molecule has 1 unspecified atom stereocenters. The molecule has 4 aliphatic rings. The van der Waals surface area contributed by atoms with Crippen molar-refractivity contribution in [3.05, 3.63) is 84.7 Å². The monoisotopic (exact) mass is 684 g/mol. The van der Waals surface area contributed by atoms with E-state index in [4.69, 9.17) is 9.47 Å². The van der Waals surface area contributed by atoms with Crippen LogP contribution in [0.5, 0.6) is 0 Å². The van der Waals surface area contributed by atoms with Crippen molar-refractivity contribution >= 4 is 29.7 Å². The van der Waals surface area contributed by atoms with E-state index in [9.17, 15) is 19.8 Å². The number of carbonyl (C=O) groups is 2. The van der Waals surface area contributed by atoms with Crippen molar-refractivity contribution in [1.82, 2.24) is 20.6 Å².